The second kappa shape index (κ2) is 5.79. The van der Waals surface area contributed by atoms with Gasteiger partial charge < -0.3 is 10.2 Å². The average molecular weight is 357 g/mol. The molecular weight excluding hydrogens is 336 g/mol. The standard InChI is InChI=1S/C14H21BrN4O2/c1-5-9-12(15)10(18(4)17-9)8-19-7-6-11(20)16-14(2,3)13(19)21/h5-8H2,1-4H3,(H,16,20). The van der Waals surface area contributed by atoms with Crippen molar-refractivity contribution in [1.29, 1.82) is 0 Å². The Bertz CT molecular complexity index is 580. The fourth-order valence-corrected chi connectivity index (χ4v) is 3.26. The smallest absolute Gasteiger partial charge is 0.248 e. The summed E-state index contributed by atoms with van der Waals surface area (Å²) in [6.07, 6.45) is 1.15. The molecule has 1 saturated heterocycles. The summed E-state index contributed by atoms with van der Waals surface area (Å²) in [5.74, 6) is -0.159. The molecule has 0 radical (unpaired) electrons. The highest BCUT2D eigenvalue weighted by Crippen LogP contribution is 2.24. The van der Waals surface area contributed by atoms with Crippen LogP contribution in [0.15, 0.2) is 4.47 Å². The summed E-state index contributed by atoms with van der Waals surface area (Å²) in [5, 5.41) is 7.21. The van der Waals surface area contributed by atoms with Gasteiger partial charge >= 0.3 is 0 Å². The van der Waals surface area contributed by atoms with Crippen molar-refractivity contribution in [2.45, 2.75) is 45.7 Å². The van der Waals surface area contributed by atoms with Gasteiger partial charge in [-0.3, -0.25) is 14.3 Å². The summed E-state index contributed by atoms with van der Waals surface area (Å²) < 4.78 is 2.74. The highest BCUT2D eigenvalue weighted by atomic mass is 79.9. The number of amides is 2. The molecule has 1 fully saturated rings. The molecule has 2 amide bonds. The van der Waals surface area contributed by atoms with Crippen LogP contribution in [0.4, 0.5) is 0 Å². The Kier molecular flexibility index (Phi) is 4.41. The van der Waals surface area contributed by atoms with Gasteiger partial charge in [-0.15, -0.1) is 0 Å². The van der Waals surface area contributed by atoms with Crippen LogP contribution < -0.4 is 5.32 Å². The van der Waals surface area contributed by atoms with Crippen LogP contribution in [0.5, 0.6) is 0 Å². The lowest BCUT2D eigenvalue weighted by Crippen LogP contribution is -2.52. The van der Waals surface area contributed by atoms with Gasteiger partial charge in [-0.2, -0.15) is 5.10 Å². The molecule has 7 heteroatoms. The SMILES string of the molecule is CCc1nn(C)c(CN2CCC(=O)NC(C)(C)C2=O)c1Br. The number of carbonyl (C=O) groups is 2. The van der Waals surface area contributed by atoms with Gasteiger partial charge in [-0.1, -0.05) is 6.92 Å². The Morgan fingerprint density at radius 1 is 1.38 bits per heavy atom. The minimum Gasteiger partial charge on any atom is -0.342 e. The van der Waals surface area contributed by atoms with E-state index in [1.54, 1.807) is 23.4 Å². The number of carbonyl (C=O) groups excluding carboxylic acids is 2. The Labute approximate surface area is 133 Å². The van der Waals surface area contributed by atoms with Crippen LogP contribution in [0.3, 0.4) is 0 Å². The number of rotatable bonds is 3. The molecule has 6 nitrogen and oxygen atoms in total. The van der Waals surface area contributed by atoms with Crippen molar-refractivity contribution in [2.75, 3.05) is 6.54 Å². The van der Waals surface area contributed by atoms with Crippen LogP contribution in [0, 0.1) is 0 Å². The lowest BCUT2D eigenvalue weighted by atomic mass is 10.0. The molecule has 21 heavy (non-hydrogen) atoms. The summed E-state index contributed by atoms with van der Waals surface area (Å²) >= 11 is 3.57. The van der Waals surface area contributed by atoms with Crippen molar-refractivity contribution in [3.63, 3.8) is 0 Å². The van der Waals surface area contributed by atoms with E-state index in [0.29, 0.717) is 19.5 Å². The van der Waals surface area contributed by atoms with Crippen molar-refractivity contribution < 1.29 is 9.59 Å². The van der Waals surface area contributed by atoms with E-state index in [1.807, 2.05) is 14.0 Å². The predicted molar refractivity (Wildman–Crippen MR) is 82.5 cm³/mol. The molecule has 2 rings (SSSR count). The normalized spacial score (nSPS) is 18.6. The predicted octanol–water partition coefficient (Wildman–Crippen LogP) is 1.37. The Balaban J connectivity index is 2.28. The fraction of sp³-hybridized carbons (Fsp3) is 0.643. The lowest BCUT2D eigenvalue weighted by molar-refractivity contribution is -0.137. The Hall–Kier alpha value is -1.37. The van der Waals surface area contributed by atoms with Gasteiger partial charge in [0.05, 0.1) is 22.4 Å². The highest BCUT2D eigenvalue weighted by Gasteiger charge is 2.37. The van der Waals surface area contributed by atoms with Gasteiger partial charge in [-0.25, -0.2) is 0 Å². The summed E-state index contributed by atoms with van der Waals surface area (Å²) in [4.78, 5) is 26.0. The van der Waals surface area contributed by atoms with Crippen molar-refractivity contribution in [1.82, 2.24) is 20.0 Å². The maximum absolute atomic E-state index is 12.6. The minimum atomic E-state index is -0.869. The monoisotopic (exact) mass is 356 g/mol. The van der Waals surface area contributed by atoms with E-state index in [-0.39, 0.29) is 11.8 Å². The minimum absolute atomic E-state index is 0.0699. The van der Waals surface area contributed by atoms with Gasteiger partial charge in [0.1, 0.15) is 5.54 Å². The van der Waals surface area contributed by atoms with Gasteiger partial charge in [0.15, 0.2) is 0 Å². The van der Waals surface area contributed by atoms with E-state index in [1.165, 1.54) is 0 Å². The van der Waals surface area contributed by atoms with Crippen LogP contribution in [0.25, 0.3) is 0 Å². The second-order valence-electron chi connectivity index (χ2n) is 5.83. The summed E-state index contributed by atoms with van der Waals surface area (Å²) in [6.45, 7) is 6.39. The third kappa shape index (κ3) is 3.12. The number of nitrogens with one attached hydrogen (secondary N) is 1. The molecule has 0 bridgehead atoms. The topological polar surface area (TPSA) is 67.2 Å². The van der Waals surface area contributed by atoms with E-state index >= 15 is 0 Å². The summed E-state index contributed by atoms with van der Waals surface area (Å²) in [5.41, 5.74) is 1.06. The first-order chi connectivity index (χ1) is 9.76. The van der Waals surface area contributed by atoms with Crippen LogP contribution in [0.2, 0.25) is 0 Å². The molecule has 116 valence electrons. The average Bonchev–Trinajstić information content (AvgIpc) is 2.63. The fourth-order valence-electron chi connectivity index (χ4n) is 2.52. The Morgan fingerprint density at radius 2 is 2.05 bits per heavy atom. The third-order valence-corrected chi connectivity index (χ3v) is 4.64. The number of aryl methyl sites for hydroxylation is 2. The zero-order chi connectivity index (χ0) is 15.8. The number of nitrogens with zero attached hydrogens (tertiary/aromatic N) is 3. The van der Waals surface area contributed by atoms with Crippen LogP contribution >= 0.6 is 15.9 Å². The highest BCUT2D eigenvalue weighted by molar-refractivity contribution is 9.10. The third-order valence-electron chi connectivity index (χ3n) is 3.73. The lowest BCUT2D eigenvalue weighted by Gasteiger charge is -2.28. The molecule has 0 aliphatic carbocycles. The quantitative estimate of drug-likeness (QED) is 0.889. The number of hydrogen-bond donors (Lipinski definition) is 1. The van der Waals surface area contributed by atoms with Gasteiger partial charge in [0.2, 0.25) is 11.8 Å². The van der Waals surface area contributed by atoms with E-state index < -0.39 is 5.54 Å². The molecule has 1 aromatic heterocycles. The largest absolute Gasteiger partial charge is 0.342 e. The van der Waals surface area contributed by atoms with E-state index in [9.17, 15) is 9.59 Å². The first kappa shape index (κ1) is 16.0. The van der Waals surface area contributed by atoms with Crippen molar-refractivity contribution in [3.05, 3.63) is 15.9 Å². The number of hydrogen-bond acceptors (Lipinski definition) is 3. The second-order valence-corrected chi connectivity index (χ2v) is 6.63. The van der Waals surface area contributed by atoms with Crippen molar-refractivity contribution in [2.24, 2.45) is 7.05 Å². The molecular formula is C14H21BrN4O2. The molecule has 2 heterocycles. The van der Waals surface area contributed by atoms with Gasteiger partial charge in [0.25, 0.3) is 0 Å². The van der Waals surface area contributed by atoms with E-state index in [0.717, 1.165) is 22.3 Å². The van der Waals surface area contributed by atoms with Gasteiger partial charge in [0, 0.05) is 20.0 Å². The molecule has 1 N–H and O–H groups in total. The molecule has 1 aliphatic heterocycles. The van der Waals surface area contributed by atoms with E-state index in [2.05, 4.69) is 26.3 Å². The Morgan fingerprint density at radius 3 is 2.62 bits per heavy atom. The molecule has 1 aliphatic rings. The van der Waals surface area contributed by atoms with Crippen LogP contribution in [0.1, 0.15) is 38.6 Å². The molecule has 0 atom stereocenters. The molecule has 0 unspecified atom stereocenters. The zero-order valence-corrected chi connectivity index (χ0v) is 14.5. The van der Waals surface area contributed by atoms with Crippen LogP contribution in [-0.2, 0) is 29.6 Å². The molecule has 0 saturated carbocycles. The maximum Gasteiger partial charge on any atom is 0.248 e. The summed E-state index contributed by atoms with van der Waals surface area (Å²) in [6, 6.07) is 0. The first-order valence-electron chi connectivity index (χ1n) is 7.07. The molecule has 0 aromatic carbocycles. The molecule has 0 spiro atoms. The number of halogens is 1. The zero-order valence-electron chi connectivity index (χ0n) is 12.9. The van der Waals surface area contributed by atoms with Crippen LogP contribution in [-0.4, -0.2) is 38.6 Å². The molecule has 1 aromatic rings. The maximum atomic E-state index is 12.6. The van der Waals surface area contributed by atoms with Crippen molar-refractivity contribution in [3.8, 4) is 0 Å². The van der Waals surface area contributed by atoms with E-state index in [4.69, 9.17) is 0 Å². The summed E-state index contributed by atoms with van der Waals surface area (Å²) in [7, 11) is 1.87. The number of aromatic nitrogens is 2. The van der Waals surface area contributed by atoms with Crippen molar-refractivity contribution >= 4 is 27.7 Å². The van der Waals surface area contributed by atoms with Gasteiger partial charge in [-0.05, 0) is 36.2 Å². The first-order valence-corrected chi connectivity index (χ1v) is 7.86.